The summed E-state index contributed by atoms with van der Waals surface area (Å²) in [5.74, 6) is -0.0532. The highest BCUT2D eigenvalue weighted by Gasteiger charge is 2.19. The molecule has 0 aliphatic carbocycles. The lowest BCUT2D eigenvalue weighted by Crippen LogP contribution is -2.23. The molecule has 1 aromatic rings. The van der Waals surface area contributed by atoms with Crippen molar-refractivity contribution >= 4 is 12.4 Å². The van der Waals surface area contributed by atoms with E-state index in [0.717, 1.165) is 13.1 Å². The van der Waals surface area contributed by atoms with Crippen molar-refractivity contribution in [3.05, 3.63) is 22.8 Å². The Kier molecular flexibility index (Phi) is 7.46. The van der Waals surface area contributed by atoms with Gasteiger partial charge in [-0.1, -0.05) is 13.8 Å². The summed E-state index contributed by atoms with van der Waals surface area (Å²) in [6.45, 7) is 6.07. The number of benzene rings is 1. The van der Waals surface area contributed by atoms with Crippen molar-refractivity contribution in [2.45, 2.75) is 20.4 Å². The Balaban J connectivity index is 0.00000361. The van der Waals surface area contributed by atoms with Crippen LogP contribution in [0.5, 0.6) is 11.5 Å². The van der Waals surface area contributed by atoms with Crippen LogP contribution in [0.25, 0.3) is 0 Å². The number of methoxy groups -OCH3 is 1. The van der Waals surface area contributed by atoms with Crippen LogP contribution in [-0.4, -0.2) is 30.2 Å². The van der Waals surface area contributed by atoms with Crippen LogP contribution in [0.15, 0.2) is 6.07 Å². The number of ether oxygens (including phenoxy) is 1. The minimum atomic E-state index is -0.203. The first-order valence-corrected chi connectivity index (χ1v) is 6.08. The van der Waals surface area contributed by atoms with Crippen molar-refractivity contribution in [1.29, 1.82) is 10.5 Å². The number of aromatic hydroxyl groups is 1. The lowest BCUT2D eigenvalue weighted by molar-refractivity contribution is 0.294. The number of nitrogens with zero attached hydrogens (tertiary/aromatic N) is 3. The molecule has 6 heteroatoms. The highest BCUT2D eigenvalue weighted by molar-refractivity contribution is 5.85. The molecule has 0 atom stereocenters. The molecule has 5 nitrogen and oxygen atoms in total. The van der Waals surface area contributed by atoms with E-state index in [2.05, 4.69) is 11.0 Å². The third kappa shape index (κ3) is 3.54. The second kappa shape index (κ2) is 8.27. The Morgan fingerprint density at radius 3 is 2.25 bits per heavy atom. The molecule has 1 rings (SSSR count). The van der Waals surface area contributed by atoms with Crippen LogP contribution in [0.2, 0.25) is 0 Å². The van der Waals surface area contributed by atoms with E-state index in [1.807, 2.05) is 19.9 Å². The Morgan fingerprint density at radius 2 is 1.85 bits per heavy atom. The molecular formula is C14H18ClN3O2. The monoisotopic (exact) mass is 295 g/mol. The number of phenols is 1. The maximum Gasteiger partial charge on any atom is 0.176 e. The number of hydrogen-bond donors (Lipinski definition) is 1. The molecule has 0 saturated heterocycles. The summed E-state index contributed by atoms with van der Waals surface area (Å²) < 4.78 is 4.98. The Labute approximate surface area is 125 Å². The van der Waals surface area contributed by atoms with E-state index in [1.54, 1.807) is 0 Å². The van der Waals surface area contributed by atoms with E-state index >= 15 is 0 Å². The fourth-order valence-electron chi connectivity index (χ4n) is 1.90. The minimum Gasteiger partial charge on any atom is -0.503 e. The predicted molar refractivity (Wildman–Crippen MR) is 78.0 cm³/mol. The van der Waals surface area contributed by atoms with E-state index in [9.17, 15) is 15.6 Å². The highest BCUT2D eigenvalue weighted by atomic mass is 35.5. The van der Waals surface area contributed by atoms with Crippen molar-refractivity contribution in [1.82, 2.24) is 4.90 Å². The Hall–Kier alpha value is -1.95. The maximum absolute atomic E-state index is 9.97. The lowest BCUT2D eigenvalue weighted by Gasteiger charge is -2.20. The fraction of sp³-hybridized carbons (Fsp3) is 0.429. The molecular weight excluding hydrogens is 278 g/mol. The number of halogens is 1. The summed E-state index contributed by atoms with van der Waals surface area (Å²) in [5, 5.41) is 28.4. The summed E-state index contributed by atoms with van der Waals surface area (Å²) in [5.41, 5.74) is 1.02. The van der Waals surface area contributed by atoms with Gasteiger partial charge in [0.15, 0.2) is 11.5 Å². The summed E-state index contributed by atoms with van der Waals surface area (Å²) in [6, 6.07) is 5.48. The molecule has 0 saturated carbocycles. The third-order valence-corrected chi connectivity index (χ3v) is 3.10. The van der Waals surface area contributed by atoms with Crippen LogP contribution < -0.4 is 4.74 Å². The van der Waals surface area contributed by atoms with Gasteiger partial charge >= 0.3 is 0 Å². The van der Waals surface area contributed by atoms with Gasteiger partial charge in [-0.05, 0) is 13.1 Å². The van der Waals surface area contributed by atoms with Gasteiger partial charge in [-0.15, -0.1) is 12.4 Å². The molecule has 20 heavy (non-hydrogen) atoms. The van der Waals surface area contributed by atoms with Gasteiger partial charge in [0.2, 0.25) is 0 Å². The number of phenolic OH excluding ortho intramolecular Hbond substituents is 1. The molecule has 0 fully saturated rings. The maximum atomic E-state index is 9.97. The number of rotatable bonds is 5. The summed E-state index contributed by atoms with van der Waals surface area (Å²) in [7, 11) is 1.39. The number of nitriles is 2. The van der Waals surface area contributed by atoms with E-state index < -0.39 is 0 Å². The molecule has 1 N–H and O–H groups in total. The van der Waals surface area contributed by atoms with E-state index in [1.165, 1.54) is 13.2 Å². The van der Waals surface area contributed by atoms with Crippen molar-refractivity contribution in [3.8, 4) is 23.6 Å². The average Bonchev–Trinajstić information content (AvgIpc) is 2.44. The third-order valence-electron chi connectivity index (χ3n) is 3.10. The first-order chi connectivity index (χ1) is 9.12. The fourth-order valence-corrected chi connectivity index (χ4v) is 1.90. The summed E-state index contributed by atoms with van der Waals surface area (Å²) in [6.07, 6.45) is 0. The molecule has 0 unspecified atom stereocenters. The van der Waals surface area contributed by atoms with Crippen molar-refractivity contribution in [3.63, 3.8) is 0 Å². The molecule has 0 bridgehead atoms. The largest absolute Gasteiger partial charge is 0.503 e. The highest BCUT2D eigenvalue weighted by Crippen LogP contribution is 2.34. The first kappa shape index (κ1) is 18.0. The van der Waals surface area contributed by atoms with Gasteiger partial charge in [0, 0.05) is 18.2 Å². The van der Waals surface area contributed by atoms with Crippen molar-refractivity contribution < 1.29 is 9.84 Å². The van der Waals surface area contributed by atoms with Gasteiger partial charge in [0.25, 0.3) is 0 Å². The van der Waals surface area contributed by atoms with Crippen molar-refractivity contribution in [2.75, 3.05) is 20.2 Å². The average molecular weight is 296 g/mol. The van der Waals surface area contributed by atoms with Gasteiger partial charge in [-0.25, -0.2) is 0 Å². The first-order valence-electron chi connectivity index (χ1n) is 6.08. The molecule has 0 heterocycles. The molecule has 1 aromatic carbocycles. The molecule has 0 aliphatic heterocycles. The van der Waals surface area contributed by atoms with Crippen LogP contribution in [0.3, 0.4) is 0 Å². The van der Waals surface area contributed by atoms with Gasteiger partial charge in [-0.3, -0.25) is 4.90 Å². The van der Waals surface area contributed by atoms with Gasteiger partial charge in [-0.2, -0.15) is 10.5 Å². The topological polar surface area (TPSA) is 80.3 Å². The molecule has 0 aromatic heterocycles. The quantitative estimate of drug-likeness (QED) is 0.902. The minimum absolute atomic E-state index is 0. The second-order valence-corrected chi connectivity index (χ2v) is 4.01. The van der Waals surface area contributed by atoms with Crippen LogP contribution >= 0.6 is 12.4 Å². The van der Waals surface area contributed by atoms with Crippen LogP contribution in [0.4, 0.5) is 0 Å². The van der Waals surface area contributed by atoms with Gasteiger partial charge in [0.1, 0.15) is 11.6 Å². The molecule has 0 amide bonds. The molecule has 0 radical (unpaired) electrons. The van der Waals surface area contributed by atoms with Crippen LogP contribution in [0, 0.1) is 22.7 Å². The standard InChI is InChI=1S/C14H17N3O2.ClH/c1-4-17(5-2)9-12-10(7-15)6-13(19-3)14(18)11(12)8-16;/h6,18H,4-5,9H2,1-3H3;1H. The normalized spacial score (nSPS) is 9.50. The molecule has 0 aliphatic rings. The van der Waals surface area contributed by atoms with Gasteiger partial charge in [0.05, 0.1) is 18.7 Å². The lowest BCUT2D eigenvalue weighted by atomic mass is 10.00. The zero-order valence-corrected chi connectivity index (χ0v) is 12.6. The molecule has 0 spiro atoms. The zero-order chi connectivity index (χ0) is 14.4. The zero-order valence-electron chi connectivity index (χ0n) is 11.8. The van der Waals surface area contributed by atoms with E-state index in [4.69, 9.17) is 4.74 Å². The van der Waals surface area contributed by atoms with Crippen LogP contribution in [-0.2, 0) is 6.54 Å². The SMILES string of the molecule is CCN(CC)Cc1c(C#N)cc(OC)c(O)c1C#N.Cl. The van der Waals surface area contributed by atoms with Crippen LogP contribution in [0.1, 0.15) is 30.5 Å². The predicted octanol–water partition coefficient (Wildman–Crippen LogP) is 2.41. The summed E-state index contributed by atoms with van der Waals surface area (Å²) in [4.78, 5) is 2.07. The number of hydrogen-bond acceptors (Lipinski definition) is 5. The Morgan fingerprint density at radius 1 is 1.25 bits per heavy atom. The van der Waals surface area contributed by atoms with Gasteiger partial charge < -0.3 is 9.84 Å². The smallest absolute Gasteiger partial charge is 0.176 e. The van der Waals surface area contributed by atoms with Crippen molar-refractivity contribution in [2.24, 2.45) is 0 Å². The Bertz CT molecular complexity index is 543. The summed E-state index contributed by atoms with van der Waals surface area (Å²) >= 11 is 0. The molecule has 108 valence electrons. The second-order valence-electron chi connectivity index (χ2n) is 4.01. The van der Waals surface area contributed by atoms with E-state index in [-0.39, 0.29) is 29.5 Å². The van der Waals surface area contributed by atoms with E-state index in [0.29, 0.717) is 17.7 Å².